The van der Waals surface area contributed by atoms with Crippen molar-refractivity contribution in [1.82, 2.24) is 9.80 Å². The first kappa shape index (κ1) is 19.8. The fourth-order valence-electron chi connectivity index (χ4n) is 3.24. The molecule has 0 aromatic heterocycles. The van der Waals surface area contributed by atoms with Gasteiger partial charge in [-0.2, -0.15) is 0 Å². The van der Waals surface area contributed by atoms with Crippen molar-refractivity contribution in [3.8, 4) is 0 Å². The van der Waals surface area contributed by atoms with Crippen LogP contribution in [0, 0.1) is 11.7 Å². The molecular formula is C19H29FN2O3. The third kappa shape index (κ3) is 6.38. The maximum Gasteiger partial charge on any atom is 0.248 e. The van der Waals surface area contributed by atoms with Gasteiger partial charge in [-0.15, -0.1) is 0 Å². The third-order valence-electron chi connectivity index (χ3n) is 4.72. The molecule has 1 aliphatic heterocycles. The molecule has 0 radical (unpaired) electrons. The van der Waals surface area contributed by atoms with Crippen molar-refractivity contribution in [1.29, 1.82) is 0 Å². The van der Waals surface area contributed by atoms with Crippen LogP contribution in [0.15, 0.2) is 24.3 Å². The summed E-state index contributed by atoms with van der Waals surface area (Å²) in [4.78, 5) is 16.3. The van der Waals surface area contributed by atoms with Crippen LogP contribution in [-0.2, 0) is 20.8 Å². The summed E-state index contributed by atoms with van der Waals surface area (Å²) in [5.41, 5.74) is 0.748. The molecule has 0 saturated carbocycles. The maximum absolute atomic E-state index is 13.8. The molecule has 0 unspecified atom stereocenters. The average molecular weight is 352 g/mol. The molecule has 1 heterocycles. The Morgan fingerprint density at radius 3 is 2.60 bits per heavy atom. The van der Waals surface area contributed by atoms with E-state index in [1.165, 1.54) is 13.2 Å². The molecule has 0 bridgehead atoms. The van der Waals surface area contributed by atoms with E-state index in [0.717, 1.165) is 38.0 Å². The van der Waals surface area contributed by atoms with Crippen molar-refractivity contribution in [2.45, 2.75) is 19.4 Å². The molecule has 1 aromatic carbocycles. The molecule has 0 spiro atoms. The van der Waals surface area contributed by atoms with Crippen LogP contribution in [0.1, 0.15) is 18.4 Å². The topological polar surface area (TPSA) is 42.0 Å². The Bertz CT molecular complexity index is 533. The van der Waals surface area contributed by atoms with Crippen molar-refractivity contribution in [3.05, 3.63) is 35.6 Å². The van der Waals surface area contributed by atoms with Gasteiger partial charge in [0.2, 0.25) is 5.91 Å². The molecule has 1 amide bonds. The molecule has 0 atom stereocenters. The van der Waals surface area contributed by atoms with E-state index in [1.807, 2.05) is 17.0 Å². The first-order valence-electron chi connectivity index (χ1n) is 8.85. The number of halogens is 1. The number of hydrogen-bond acceptors (Lipinski definition) is 4. The number of benzene rings is 1. The average Bonchev–Trinajstić information content (AvgIpc) is 2.62. The molecule has 140 valence electrons. The van der Waals surface area contributed by atoms with E-state index in [0.29, 0.717) is 25.6 Å². The van der Waals surface area contributed by atoms with Crippen molar-refractivity contribution in [3.63, 3.8) is 0 Å². The fourth-order valence-corrected chi connectivity index (χ4v) is 3.24. The maximum atomic E-state index is 13.8. The van der Waals surface area contributed by atoms with Crippen LogP contribution in [-0.4, -0.2) is 69.3 Å². The van der Waals surface area contributed by atoms with Crippen molar-refractivity contribution < 1.29 is 18.7 Å². The van der Waals surface area contributed by atoms with Gasteiger partial charge >= 0.3 is 0 Å². The van der Waals surface area contributed by atoms with Crippen LogP contribution in [0.3, 0.4) is 0 Å². The Hall–Kier alpha value is -1.50. The monoisotopic (exact) mass is 352 g/mol. The number of rotatable bonds is 9. The molecular weight excluding hydrogens is 323 g/mol. The molecule has 6 heteroatoms. The van der Waals surface area contributed by atoms with Gasteiger partial charge in [-0.1, -0.05) is 18.2 Å². The van der Waals surface area contributed by atoms with Gasteiger partial charge in [0.15, 0.2) is 0 Å². The number of carbonyl (C=O) groups excluding carboxylic acids is 1. The Morgan fingerprint density at radius 1 is 1.24 bits per heavy atom. The molecule has 25 heavy (non-hydrogen) atoms. The third-order valence-corrected chi connectivity index (χ3v) is 4.72. The second kappa shape index (κ2) is 10.5. The second-order valence-electron chi connectivity index (χ2n) is 6.58. The first-order valence-corrected chi connectivity index (χ1v) is 8.85. The first-order chi connectivity index (χ1) is 12.1. The number of carbonyl (C=O) groups is 1. The quantitative estimate of drug-likeness (QED) is 0.683. The SMILES string of the molecule is COCCN(CC1CCN(Cc2ccccc2F)CC1)C(=O)COC. The van der Waals surface area contributed by atoms with E-state index in [4.69, 9.17) is 9.47 Å². The highest BCUT2D eigenvalue weighted by atomic mass is 19.1. The van der Waals surface area contributed by atoms with Gasteiger partial charge in [-0.25, -0.2) is 4.39 Å². The lowest BCUT2D eigenvalue weighted by atomic mass is 9.95. The van der Waals surface area contributed by atoms with E-state index in [1.54, 1.807) is 13.2 Å². The largest absolute Gasteiger partial charge is 0.383 e. The van der Waals surface area contributed by atoms with Gasteiger partial charge in [0.05, 0.1) is 6.61 Å². The Kier molecular flexibility index (Phi) is 8.31. The van der Waals surface area contributed by atoms with Crippen LogP contribution >= 0.6 is 0 Å². The number of likely N-dealkylation sites (tertiary alicyclic amines) is 1. The van der Waals surface area contributed by atoms with Gasteiger partial charge < -0.3 is 14.4 Å². The molecule has 1 saturated heterocycles. The number of ether oxygens (including phenoxy) is 2. The summed E-state index contributed by atoms with van der Waals surface area (Å²) < 4.78 is 23.9. The minimum atomic E-state index is -0.138. The lowest BCUT2D eigenvalue weighted by Crippen LogP contribution is -2.43. The number of hydrogen-bond donors (Lipinski definition) is 0. The number of piperidine rings is 1. The van der Waals surface area contributed by atoms with Gasteiger partial charge in [0.1, 0.15) is 12.4 Å². The summed E-state index contributed by atoms with van der Waals surface area (Å²) in [5.74, 6) is 0.336. The summed E-state index contributed by atoms with van der Waals surface area (Å²) >= 11 is 0. The Morgan fingerprint density at radius 2 is 1.96 bits per heavy atom. The molecule has 1 aromatic rings. The van der Waals surface area contributed by atoms with Crippen LogP contribution in [0.25, 0.3) is 0 Å². The minimum absolute atomic E-state index is 0.00772. The van der Waals surface area contributed by atoms with E-state index in [2.05, 4.69) is 4.90 Å². The predicted molar refractivity (Wildman–Crippen MR) is 94.7 cm³/mol. The van der Waals surface area contributed by atoms with Crippen LogP contribution < -0.4 is 0 Å². The molecule has 5 nitrogen and oxygen atoms in total. The molecule has 1 aliphatic rings. The summed E-state index contributed by atoms with van der Waals surface area (Å²) in [5, 5.41) is 0. The van der Waals surface area contributed by atoms with Crippen molar-refractivity contribution in [2.75, 3.05) is 53.6 Å². The fraction of sp³-hybridized carbons (Fsp3) is 0.632. The second-order valence-corrected chi connectivity index (χ2v) is 6.58. The molecule has 0 aliphatic carbocycles. The summed E-state index contributed by atoms with van der Waals surface area (Å²) in [6, 6.07) is 6.95. The number of methoxy groups -OCH3 is 2. The van der Waals surface area contributed by atoms with Gasteiger partial charge in [0, 0.05) is 39.4 Å². The molecule has 1 fully saturated rings. The van der Waals surface area contributed by atoms with Crippen LogP contribution in [0.4, 0.5) is 4.39 Å². The highest BCUT2D eigenvalue weighted by molar-refractivity contribution is 5.77. The minimum Gasteiger partial charge on any atom is -0.383 e. The van der Waals surface area contributed by atoms with Crippen LogP contribution in [0.2, 0.25) is 0 Å². The highest BCUT2D eigenvalue weighted by Gasteiger charge is 2.24. The zero-order chi connectivity index (χ0) is 18.1. The van der Waals surface area contributed by atoms with E-state index >= 15 is 0 Å². The predicted octanol–water partition coefficient (Wildman–Crippen LogP) is 2.16. The smallest absolute Gasteiger partial charge is 0.248 e. The lowest BCUT2D eigenvalue weighted by Gasteiger charge is -2.35. The molecule has 2 rings (SSSR count). The number of amides is 1. The summed E-state index contributed by atoms with van der Waals surface area (Å²) in [6.45, 7) is 4.46. The normalized spacial score (nSPS) is 16.1. The van der Waals surface area contributed by atoms with E-state index in [9.17, 15) is 9.18 Å². The van der Waals surface area contributed by atoms with E-state index < -0.39 is 0 Å². The van der Waals surface area contributed by atoms with Gasteiger partial charge in [-0.05, 0) is 37.9 Å². The van der Waals surface area contributed by atoms with Crippen LogP contribution in [0.5, 0.6) is 0 Å². The standard InChI is InChI=1S/C19H29FN2O3/c1-24-12-11-22(19(23)15-25-2)13-16-7-9-21(10-8-16)14-17-5-3-4-6-18(17)20/h3-6,16H,7-15H2,1-2H3. The Balaban J connectivity index is 1.81. The summed E-state index contributed by atoms with van der Waals surface area (Å²) in [6.07, 6.45) is 2.02. The number of nitrogens with zero attached hydrogens (tertiary/aromatic N) is 2. The molecule has 0 N–H and O–H groups in total. The van der Waals surface area contributed by atoms with Crippen molar-refractivity contribution >= 4 is 5.91 Å². The van der Waals surface area contributed by atoms with Gasteiger partial charge in [-0.3, -0.25) is 9.69 Å². The van der Waals surface area contributed by atoms with E-state index in [-0.39, 0.29) is 18.3 Å². The lowest BCUT2D eigenvalue weighted by molar-refractivity contribution is -0.136. The summed E-state index contributed by atoms with van der Waals surface area (Å²) in [7, 11) is 3.17. The Labute approximate surface area is 149 Å². The highest BCUT2D eigenvalue weighted by Crippen LogP contribution is 2.21. The van der Waals surface area contributed by atoms with Gasteiger partial charge in [0.25, 0.3) is 0 Å². The zero-order valence-electron chi connectivity index (χ0n) is 15.2. The van der Waals surface area contributed by atoms with Crippen molar-refractivity contribution in [2.24, 2.45) is 5.92 Å². The zero-order valence-corrected chi connectivity index (χ0v) is 15.2.